The Kier molecular flexibility index (Phi) is 5.02. The van der Waals surface area contributed by atoms with Gasteiger partial charge in [-0.3, -0.25) is 18.1 Å². The molecule has 0 spiro atoms. The molecule has 2 fully saturated rings. The molecule has 0 aromatic carbocycles. The first-order valence-electron chi connectivity index (χ1n) is 9.23. The lowest BCUT2D eigenvalue weighted by Gasteiger charge is -2.34. The molecule has 11 nitrogen and oxygen atoms in total. The second-order valence-electron chi connectivity index (χ2n) is 7.25. The van der Waals surface area contributed by atoms with Crippen molar-refractivity contribution < 1.29 is 32.0 Å². The summed E-state index contributed by atoms with van der Waals surface area (Å²) in [7, 11) is -3.91. The largest absolute Gasteiger partial charge is 0.476 e. The van der Waals surface area contributed by atoms with Gasteiger partial charge in [0.2, 0.25) is 11.8 Å². The third kappa shape index (κ3) is 3.49. The number of anilines is 1. The summed E-state index contributed by atoms with van der Waals surface area (Å²) in [6, 6.07) is 0. The summed E-state index contributed by atoms with van der Waals surface area (Å²) in [5, 5.41) is 0. The van der Waals surface area contributed by atoms with E-state index in [-0.39, 0.29) is 24.1 Å². The number of alkyl halides is 1. The van der Waals surface area contributed by atoms with Crippen LogP contribution in [0, 0.1) is 0 Å². The zero-order chi connectivity index (χ0) is 21.0. The summed E-state index contributed by atoms with van der Waals surface area (Å²) in [6.07, 6.45) is -2.20. The van der Waals surface area contributed by atoms with Crippen LogP contribution in [0.25, 0.3) is 11.2 Å². The van der Waals surface area contributed by atoms with Gasteiger partial charge in [0, 0.05) is 0 Å². The van der Waals surface area contributed by atoms with Crippen LogP contribution in [0.3, 0.4) is 0 Å². The van der Waals surface area contributed by atoms with Crippen LogP contribution in [-0.2, 0) is 22.9 Å². The minimum absolute atomic E-state index is 0.0481. The third-order valence-corrected chi connectivity index (χ3v) is 6.23. The molecule has 0 aliphatic carbocycles. The van der Waals surface area contributed by atoms with E-state index in [9.17, 15) is 4.57 Å². The molecule has 0 saturated carbocycles. The van der Waals surface area contributed by atoms with E-state index < -0.39 is 38.0 Å². The second-order valence-corrected chi connectivity index (χ2v) is 8.82. The third-order valence-electron chi connectivity index (χ3n) is 4.60. The SMILES string of the molecule is CCOc1nc(N)nc2c1ncn2[C@@H]1O[C@@H]2COP(=O)(OC(C)C)OC2[C@@]1(C)F. The molecule has 2 aliphatic heterocycles. The van der Waals surface area contributed by atoms with E-state index >= 15 is 4.39 Å². The molecule has 2 unspecified atom stereocenters. The molecule has 2 aromatic rings. The Labute approximate surface area is 166 Å². The maximum absolute atomic E-state index is 15.9. The van der Waals surface area contributed by atoms with Gasteiger partial charge < -0.3 is 15.2 Å². The van der Waals surface area contributed by atoms with Crippen molar-refractivity contribution in [2.75, 3.05) is 18.9 Å². The molecule has 2 aromatic heterocycles. The molecule has 5 atom stereocenters. The van der Waals surface area contributed by atoms with Crippen molar-refractivity contribution >= 4 is 24.9 Å². The van der Waals surface area contributed by atoms with Gasteiger partial charge in [0.1, 0.15) is 12.2 Å². The quantitative estimate of drug-likeness (QED) is 0.704. The molecule has 0 radical (unpaired) electrons. The van der Waals surface area contributed by atoms with Gasteiger partial charge in [0.15, 0.2) is 23.1 Å². The lowest BCUT2D eigenvalue weighted by molar-refractivity contribution is -0.0733. The van der Waals surface area contributed by atoms with E-state index in [1.165, 1.54) is 17.8 Å². The van der Waals surface area contributed by atoms with E-state index in [0.717, 1.165) is 0 Å². The first-order valence-corrected chi connectivity index (χ1v) is 10.7. The number of phosphoric ester groups is 1. The fourth-order valence-corrected chi connectivity index (χ4v) is 5.11. The smallest absolute Gasteiger partial charge is 0.475 e. The van der Waals surface area contributed by atoms with E-state index in [0.29, 0.717) is 12.1 Å². The molecule has 0 bridgehead atoms. The van der Waals surface area contributed by atoms with Crippen LogP contribution in [0.4, 0.5) is 10.3 Å². The predicted octanol–water partition coefficient (Wildman–Crippen LogP) is 2.38. The summed E-state index contributed by atoms with van der Waals surface area (Å²) in [6.45, 7) is 6.66. The van der Waals surface area contributed by atoms with Gasteiger partial charge in [-0.25, -0.2) is 13.9 Å². The van der Waals surface area contributed by atoms with Crippen LogP contribution in [0.2, 0.25) is 0 Å². The van der Waals surface area contributed by atoms with E-state index in [1.54, 1.807) is 20.8 Å². The number of nitrogen functional groups attached to an aromatic ring is 1. The molecular weight excluding hydrogens is 408 g/mol. The van der Waals surface area contributed by atoms with Gasteiger partial charge in [-0.2, -0.15) is 9.97 Å². The van der Waals surface area contributed by atoms with E-state index in [2.05, 4.69) is 15.0 Å². The number of rotatable bonds is 5. The standard InChI is InChI=1S/C16H23FN5O6P/c1-5-24-13-10-12(20-15(18)21-13)22(7-19-10)14-16(4,17)11-9(26-14)6-25-29(23,28-11)27-8(2)3/h7-9,11,14H,5-6H2,1-4H3,(H2,18,20,21)/t9-,11?,14-,16-,29?/m1/s1. The maximum atomic E-state index is 15.9. The number of aromatic nitrogens is 4. The van der Waals surface area contributed by atoms with Crippen molar-refractivity contribution in [3.8, 4) is 5.88 Å². The minimum atomic E-state index is -3.91. The van der Waals surface area contributed by atoms with Gasteiger partial charge in [0.05, 0.1) is 25.6 Å². The first kappa shape index (κ1) is 20.4. The van der Waals surface area contributed by atoms with Crippen LogP contribution < -0.4 is 10.5 Å². The molecular formula is C16H23FN5O6P. The Bertz CT molecular complexity index is 969. The maximum Gasteiger partial charge on any atom is 0.475 e. The Balaban J connectivity index is 1.70. The lowest BCUT2D eigenvalue weighted by Crippen LogP contribution is -2.45. The average Bonchev–Trinajstić information content (AvgIpc) is 3.13. The number of phosphoric acid groups is 1. The Hall–Kier alpha value is -1.85. The fourth-order valence-electron chi connectivity index (χ4n) is 3.47. The van der Waals surface area contributed by atoms with Gasteiger partial charge in [-0.05, 0) is 27.7 Å². The zero-order valence-electron chi connectivity index (χ0n) is 16.4. The normalized spacial score (nSPS) is 34.6. The molecule has 29 heavy (non-hydrogen) atoms. The average molecular weight is 431 g/mol. The predicted molar refractivity (Wildman–Crippen MR) is 99.0 cm³/mol. The minimum Gasteiger partial charge on any atom is -0.476 e. The number of nitrogens with zero attached hydrogens (tertiary/aromatic N) is 4. The van der Waals surface area contributed by atoms with Gasteiger partial charge in [-0.15, -0.1) is 0 Å². The van der Waals surface area contributed by atoms with Gasteiger partial charge in [0.25, 0.3) is 0 Å². The number of nitrogens with two attached hydrogens (primary N) is 1. The van der Waals surface area contributed by atoms with Gasteiger partial charge >= 0.3 is 7.82 Å². The molecule has 2 saturated heterocycles. The summed E-state index contributed by atoms with van der Waals surface area (Å²) < 4.78 is 57.2. The Morgan fingerprint density at radius 1 is 1.48 bits per heavy atom. The highest BCUT2D eigenvalue weighted by atomic mass is 31.2. The molecule has 2 aliphatic rings. The zero-order valence-corrected chi connectivity index (χ0v) is 17.3. The summed E-state index contributed by atoms with van der Waals surface area (Å²) in [5.74, 6) is 0.146. The first-order chi connectivity index (χ1) is 13.6. The Morgan fingerprint density at radius 2 is 2.24 bits per heavy atom. The molecule has 160 valence electrons. The molecule has 2 N–H and O–H groups in total. The van der Waals surface area contributed by atoms with Gasteiger partial charge in [-0.1, -0.05) is 0 Å². The van der Waals surface area contributed by atoms with Crippen molar-refractivity contribution in [3.05, 3.63) is 6.33 Å². The fraction of sp³-hybridized carbons (Fsp3) is 0.688. The van der Waals surface area contributed by atoms with Crippen molar-refractivity contribution in [1.29, 1.82) is 0 Å². The lowest BCUT2D eigenvalue weighted by atomic mass is 9.98. The van der Waals surface area contributed by atoms with Crippen LogP contribution in [0.15, 0.2) is 6.33 Å². The summed E-state index contributed by atoms with van der Waals surface area (Å²) >= 11 is 0. The van der Waals surface area contributed by atoms with Crippen molar-refractivity contribution in [2.45, 2.75) is 57.9 Å². The molecule has 13 heteroatoms. The van der Waals surface area contributed by atoms with Crippen LogP contribution in [-0.4, -0.2) is 56.7 Å². The highest BCUT2D eigenvalue weighted by Crippen LogP contribution is 2.60. The molecule has 0 amide bonds. The highest BCUT2D eigenvalue weighted by molar-refractivity contribution is 7.48. The van der Waals surface area contributed by atoms with Crippen molar-refractivity contribution in [3.63, 3.8) is 0 Å². The summed E-state index contributed by atoms with van der Waals surface area (Å²) in [5.41, 5.74) is 4.25. The Morgan fingerprint density at radius 3 is 2.93 bits per heavy atom. The second kappa shape index (κ2) is 7.13. The number of hydrogen-bond donors (Lipinski definition) is 1. The summed E-state index contributed by atoms with van der Waals surface area (Å²) in [4.78, 5) is 12.4. The van der Waals surface area contributed by atoms with Crippen molar-refractivity contribution in [2.24, 2.45) is 0 Å². The highest BCUT2D eigenvalue weighted by Gasteiger charge is 2.61. The van der Waals surface area contributed by atoms with E-state index in [4.69, 9.17) is 28.8 Å². The molecule has 4 rings (SSSR count). The van der Waals surface area contributed by atoms with Crippen molar-refractivity contribution in [1.82, 2.24) is 19.5 Å². The van der Waals surface area contributed by atoms with Crippen LogP contribution >= 0.6 is 7.82 Å². The monoisotopic (exact) mass is 431 g/mol. The van der Waals surface area contributed by atoms with Crippen LogP contribution in [0.5, 0.6) is 5.88 Å². The number of halogens is 1. The number of hydrogen-bond acceptors (Lipinski definition) is 10. The van der Waals surface area contributed by atoms with Crippen LogP contribution in [0.1, 0.15) is 33.9 Å². The topological polar surface area (TPSA) is 133 Å². The molecule has 4 heterocycles. The number of imidazole rings is 1. The van der Waals surface area contributed by atoms with E-state index in [1.807, 2.05) is 0 Å². The number of fused-ring (bicyclic) bond motifs is 2. The number of ether oxygens (including phenoxy) is 2.